The van der Waals surface area contributed by atoms with Gasteiger partial charge in [0, 0.05) is 12.4 Å². The van der Waals surface area contributed by atoms with Crippen LogP contribution >= 0.6 is 0 Å². The molecule has 1 saturated carbocycles. The SMILES string of the molecule is CCC[C@H]1CCCC[C@@]1(N)c1ncc[nH]1. The third-order valence-corrected chi connectivity index (χ3v) is 3.70. The van der Waals surface area contributed by atoms with Gasteiger partial charge in [0.05, 0.1) is 5.54 Å². The average molecular weight is 207 g/mol. The molecule has 2 rings (SSSR count). The van der Waals surface area contributed by atoms with Gasteiger partial charge in [-0.1, -0.05) is 26.2 Å². The molecule has 3 N–H and O–H groups in total. The smallest absolute Gasteiger partial charge is 0.126 e. The molecule has 0 spiro atoms. The Balaban J connectivity index is 2.21. The van der Waals surface area contributed by atoms with E-state index in [1.807, 2.05) is 12.4 Å². The van der Waals surface area contributed by atoms with E-state index < -0.39 is 0 Å². The second-order valence-electron chi connectivity index (χ2n) is 4.71. The Morgan fingerprint density at radius 2 is 2.47 bits per heavy atom. The molecule has 1 aromatic rings. The summed E-state index contributed by atoms with van der Waals surface area (Å²) in [6, 6.07) is 0. The Morgan fingerprint density at radius 3 is 3.13 bits per heavy atom. The van der Waals surface area contributed by atoms with Gasteiger partial charge in [-0.2, -0.15) is 0 Å². The molecule has 0 aliphatic heterocycles. The van der Waals surface area contributed by atoms with Crippen LogP contribution in [-0.4, -0.2) is 9.97 Å². The van der Waals surface area contributed by atoms with Crippen LogP contribution in [0.5, 0.6) is 0 Å². The average Bonchev–Trinajstić information content (AvgIpc) is 2.75. The molecule has 1 aliphatic carbocycles. The lowest BCUT2D eigenvalue weighted by Crippen LogP contribution is -2.47. The molecular weight excluding hydrogens is 186 g/mol. The fourth-order valence-electron chi connectivity index (χ4n) is 2.85. The van der Waals surface area contributed by atoms with Crippen molar-refractivity contribution in [2.75, 3.05) is 0 Å². The molecule has 0 aromatic carbocycles. The van der Waals surface area contributed by atoms with E-state index in [-0.39, 0.29) is 5.54 Å². The van der Waals surface area contributed by atoms with Crippen LogP contribution in [0.4, 0.5) is 0 Å². The summed E-state index contributed by atoms with van der Waals surface area (Å²) in [4.78, 5) is 7.56. The maximum atomic E-state index is 6.56. The first-order chi connectivity index (χ1) is 7.27. The highest BCUT2D eigenvalue weighted by Gasteiger charge is 2.39. The summed E-state index contributed by atoms with van der Waals surface area (Å²) in [7, 11) is 0. The lowest BCUT2D eigenvalue weighted by Gasteiger charge is -2.39. The van der Waals surface area contributed by atoms with Crippen molar-refractivity contribution in [3.8, 4) is 0 Å². The first-order valence-corrected chi connectivity index (χ1v) is 6.06. The standard InChI is InChI=1S/C12H21N3/c1-2-5-10-6-3-4-7-12(10,13)11-14-8-9-15-11/h8-10H,2-7,13H2,1H3,(H,14,15)/t10-,12-/m0/s1. The molecule has 0 bridgehead atoms. The Bertz CT molecular complexity index is 292. The third-order valence-electron chi connectivity index (χ3n) is 3.70. The summed E-state index contributed by atoms with van der Waals surface area (Å²) in [5.74, 6) is 1.59. The van der Waals surface area contributed by atoms with E-state index in [4.69, 9.17) is 5.73 Å². The maximum absolute atomic E-state index is 6.56. The van der Waals surface area contributed by atoms with Crippen molar-refractivity contribution in [1.82, 2.24) is 9.97 Å². The van der Waals surface area contributed by atoms with Gasteiger partial charge in [0.2, 0.25) is 0 Å². The molecule has 0 amide bonds. The zero-order valence-corrected chi connectivity index (χ0v) is 9.50. The van der Waals surface area contributed by atoms with Gasteiger partial charge in [0.15, 0.2) is 0 Å². The van der Waals surface area contributed by atoms with Crippen molar-refractivity contribution < 1.29 is 0 Å². The number of rotatable bonds is 3. The highest BCUT2D eigenvalue weighted by molar-refractivity contribution is 5.09. The summed E-state index contributed by atoms with van der Waals surface area (Å²) >= 11 is 0. The van der Waals surface area contributed by atoms with Gasteiger partial charge in [-0.15, -0.1) is 0 Å². The van der Waals surface area contributed by atoms with Gasteiger partial charge in [0.25, 0.3) is 0 Å². The molecule has 0 radical (unpaired) electrons. The van der Waals surface area contributed by atoms with Crippen LogP contribution in [0.25, 0.3) is 0 Å². The lowest BCUT2D eigenvalue weighted by molar-refractivity contribution is 0.168. The summed E-state index contributed by atoms with van der Waals surface area (Å²) in [6.07, 6.45) is 11.0. The Hall–Kier alpha value is -0.830. The Kier molecular flexibility index (Phi) is 3.10. The topological polar surface area (TPSA) is 54.7 Å². The number of H-pyrrole nitrogens is 1. The van der Waals surface area contributed by atoms with Gasteiger partial charge < -0.3 is 10.7 Å². The zero-order chi connectivity index (χ0) is 10.7. The second kappa shape index (κ2) is 4.35. The molecule has 1 aromatic heterocycles. The summed E-state index contributed by atoms with van der Waals surface area (Å²) in [6.45, 7) is 2.23. The Labute approximate surface area is 91.5 Å². The normalized spacial score (nSPS) is 31.7. The first-order valence-electron chi connectivity index (χ1n) is 6.06. The lowest BCUT2D eigenvalue weighted by atomic mass is 9.71. The zero-order valence-electron chi connectivity index (χ0n) is 9.50. The number of nitrogens with one attached hydrogen (secondary N) is 1. The van der Waals surface area contributed by atoms with Crippen molar-refractivity contribution in [3.05, 3.63) is 18.2 Å². The fraction of sp³-hybridized carbons (Fsp3) is 0.750. The minimum atomic E-state index is -0.197. The number of imidazole rings is 1. The van der Waals surface area contributed by atoms with E-state index in [2.05, 4.69) is 16.9 Å². The molecule has 15 heavy (non-hydrogen) atoms. The maximum Gasteiger partial charge on any atom is 0.126 e. The van der Waals surface area contributed by atoms with Crippen LogP contribution in [0, 0.1) is 5.92 Å². The van der Waals surface area contributed by atoms with Gasteiger partial charge >= 0.3 is 0 Å². The van der Waals surface area contributed by atoms with E-state index in [0.29, 0.717) is 5.92 Å². The minimum Gasteiger partial charge on any atom is -0.347 e. The summed E-state index contributed by atoms with van der Waals surface area (Å²) < 4.78 is 0. The van der Waals surface area contributed by atoms with E-state index >= 15 is 0 Å². The number of nitrogens with zero attached hydrogens (tertiary/aromatic N) is 1. The van der Waals surface area contributed by atoms with Crippen molar-refractivity contribution in [3.63, 3.8) is 0 Å². The number of aromatic amines is 1. The molecule has 3 nitrogen and oxygen atoms in total. The predicted octanol–water partition coefficient (Wildman–Crippen LogP) is 2.55. The largest absolute Gasteiger partial charge is 0.347 e. The van der Waals surface area contributed by atoms with Crippen molar-refractivity contribution in [2.24, 2.45) is 11.7 Å². The van der Waals surface area contributed by atoms with E-state index in [0.717, 1.165) is 12.2 Å². The van der Waals surface area contributed by atoms with Crippen LogP contribution in [-0.2, 0) is 5.54 Å². The van der Waals surface area contributed by atoms with Crippen molar-refractivity contribution in [1.29, 1.82) is 0 Å². The van der Waals surface area contributed by atoms with Crippen molar-refractivity contribution in [2.45, 2.75) is 51.0 Å². The number of hydrogen-bond acceptors (Lipinski definition) is 2. The molecule has 0 unspecified atom stereocenters. The summed E-state index contributed by atoms with van der Waals surface area (Å²) in [5, 5.41) is 0. The Morgan fingerprint density at radius 1 is 1.60 bits per heavy atom. The fourth-order valence-corrected chi connectivity index (χ4v) is 2.85. The monoisotopic (exact) mass is 207 g/mol. The van der Waals surface area contributed by atoms with Crippen LogP contribution in [0.2, 0.25) is 0 Å². The van der Waals surface area contributed by atoms with Gasteiger partial charge in [-0.3, -0.25) is 0 Å². The highest BCUT2D eigenvalue weighted by Crippen LogP contribution is 2.40. The minimum absolute atomic E-state index is 0.197. The third kappa shape index (κ3) is 1.93. The van der Waals surface area contributed by atoms with Gasteiger partial charge in [0.1, 0.15) is 5.82 Å². The van der Waals surface area contributed by atoms with Crippen LogP contribution in [0.1, 0.15) is 51.3 Å². The molecule has 0 saturated heterocycles. The van der Waals surface area contributed by atoms with Crippen LogP contribution in [0.3, 0.4) is 0 Å². The van der Waals surface area contributed by atoms with E-state index in [9.17, 15) is 0 Å². The first kappa shape index (κ1) is 10.7. The van der Waals surface area contributed by atoms with Crippen molar-refractivity contribution >= 4 is 0 Å². The van der Waals surface area contributed by atoms with Gasteiger partial charge in [-0.25, -0.2) is 4.98 Å². The van der Waals surface area contributed by atoms with E-state index in [1.54, 1.807) is 0 Å². The quantitative estimate of drug-likeness (QED) is 0.800. The molecule has 3 heteroatoms. The molecule has 84 valence electrons. The molecule has 2 atom stereocenters. The van der Waals surface area contributed by atoms with Crippen LogP contribution < -0.4 is 5.73 Å². The molecular formula is C12H21N3. The molecule has 1 heterocycles. The van der Waals surface area contributed by atoms with Gasteiger partial charge in [-0.05, 0) is 25.2 Å². The number of hydrogen-bond donors (Lipinski definition) is 2. The van der Waals surface area contributed by atoms with Crippen LogP contribution in [0.15, 0.2) is 12.4 Å². The van der Waals surface area contributed by atoms with E-state index in [1.165, 1.54) is 32.1 Å². The number of nitrogens with two attached hydrogens (primary N) is 1. The highest BCUT2D eigenvalue weighted by atomic mass is 15.0. The molecule has 1 fully saturated rings. The second-order valence-corrected chi connectivity index (χ2v) is 4.71. The number of aromatic nitrogens is 2. The predicted molar refractivity (Wildman–Crippen MR) is 61.3 cm³/mol. The summed E-state index contributed by atoms with van der Waals surface area (Å²) in [5.41, 5.74) is 6.36. The molecule has 1 aliphatic rings.